The molecule has 0 bridgehead atoms. The highest BCUT2D eigenvalue weighted by atomic mass is 32.2. The summed E-state index contributed by atoms with van der Waals surface area (Å²) < 4.78 is 25.5. The molecule has 0 radical (unpaired) electrons. The van der Waals surface area contributed by atoms with Crippen LogP contribution >= 0.6 is 0 Å². The van der Waals surface area contributed by atoms with Crippen molar-refractivity contribution in [1.82, 2.24) is 5.32 Å². The summed E-state index contributed by atoms with van der Waals surface area (Å²) in [5.74, 6) is 1.00. The van der Waals surface area contributed by atoms with Crippen LogP contribution in [-0.2, 0) is 19.4 Å². The van der Waals surface area contributed by atoms with Gasteiger partial charge < -0.3 is 19.8 Å². The van der Waals surface area contributed by atoms with Gasteiger partial charge in [-0.1, -0.05) is 40.3 Å². The maximum atomic E-state index is 9.63. The summed E-state index contributed by atoms with van der Waals surface area (Å²) in [5, 5.41) is 2.75. The minimum Gasteiger partial charge on any atom is -0.388 e. The first kappa shape index (κ1) is 57.9. The Hall–Kier alpha value is -1.38. The Morgan fingerprint density at radius 3 is 1.06 bits per heavy atom. The Labute approximate surface area is 212 Å². The van der Waals surface area contributed by atoms with Crippen molar-refractivity contribution in [3.05, 3.63) is 12.2 Å². The number of ketones is 1. The highest BCUT2D eigenvalue weighted by molar-refractivity contribution is 7.89. The molecule has 7 nitrogen and oxygen atoms in total. The van der Waals surface area contributed by atoms with Crippen LogP contribution in [0.4, 0.5) is 0 Å². The van der Waals surface area contributed by atoms with E-state index in [1.54, 1.807) is 27.5 Å². The van der Waals surface area contributed by atoms with E-state index in [-0.39, 0.29) is 14.6 Å². The number of carbonyl (C=O) groups excluding carboxylic acids is 1. The van der Waals surface area contributed by atoms with Crippen LogP contribution in [-0.4, -0.2) is 93.2 Å². The summed E-state index contributed by atoms with van der Waals surface area (Å²) in [4.78, 5) is 13.1. The number of rotatable bonds is 0. The van der Waals surface area contributed by atoms with Crippen LogP contribution in [0.5, 0.6) is 0 Å². The molecule has 0 rings (SSSR count). The van der Waals surface area contributed by atoms with Gasteiger partial charge in [0.25, 0.3) is 0 Å². The molecular weight excluding hydrogens is 438 g/mol. The predicted octanol–water partition coefficient (Wildman–Crippen LogP) is 5.54. The first-order chi connectivity index (χ1) is 14.4. The second-order valence-electron chi connectivity index (χ2n) is 7.10. The Kier molecular flexibility index (Phi) is 111. The smallest absolute Gasteiger partial charge is 0.144 e. The summed E-state index contributed by atoms with van der Waals surface area (Å²) in [5.41, 5.74) is 0. The highest BCUT2D eigenvalue weighted by Crippen LogP contribution is 1.81. The molecule has 0 aliphatic carbocycles. The molecule has 0 saturated carbocycles. The van der Waals surface area contributed by atoms with Gasteiger partial charge in [0.1, 0.15) is 35.9 Å². The zero-order valence-electron chi connectivity index (χ0n) is 24.8. The Morgan fingerprint density at radius 1 is 0.970 bits per heavy atom. The predicted molar refractivity (Wildman–Crippen MR) is 159 cm³/mol. The number of allylic oxidation sites excluding steroid dienone is 2. The van der Waals surface area contributed by atoms with Crippen LogP contribution in [0.3, 0.4) is 0 Å². The van der Waals surface area contributed by atoms with Crippen LogP contribution in [0.15, 0.2) is 17.1 Å². The van der Waals surface area contributed by atoms with E-state index in [9.17, 15) is 13.2 Å². The van der Waals surface area contributed by atoms with Crippen molar-refractivity contribution < 1.29 is 24.0 Å². The van der Waals surface area contributed by atoms with Crippen molar-refractivity contribution in [2.75, 3.05) is 62.0 Å². The van der Waals surface area contributed by atoms with Gasteiger partial charge in [0.15, 0.2) is 0 Å². The van der Waals surface area contributed by atoms with Crippen LogP contribution in [0, 0.1) is 5.92 Å². The van der Waals surface area contributed by atoms with Gasteiger partial charge in [-0.15, -0.1) is 0 Å². The molecule has 0 fully saturated rings. The van der Waals surface area contributed by atoms with Crippen LogP contribution in [0.2, 0.25) is 0 Å². The molecular formula is C25H66N3O4S+. The van der Waals surface area contributed by atoms with Crippen molar-refractivity contribution in [1.29, 1.82) is 0 Å². The maximum absolute atomic E-state index is 9.63. The van der Waals surface area contributed by atoms with E-state index in [2.05, 4.69) is 35.8 Å². The van der Waals surface area contributed by atoms with Gasteiger partial charge >= 0.3 is 0 Å². The summed E-state index contributed by atoms with van der Waals surface area (Å²) in [7, 11) is 10.1. The number of hydrogen-bond donors (Lipinski definition) is 1. The third kappa shape index (κ3) is 3650. The number of sulfone groups is 1. The van der Waals surface area contributed by atoms with Crippen LogP contribution in [0.25, 0.3) is 0 Å². The van der Waals surface area contributed by atoms with Gasteiger partial charge in [0.05, 0.1) is 0 Å². The summed E-state index contributed by atoms with van der Waals surface area (Å²) in [6.45, 7) is 17.4. The lowest BCUT2D eigenvalue weighted by Gasteiger charge is -1.79. The average Bonchev–Trinajstić information content (AvgIpc) is 2.61. The third-order valence-electron chi connectivity index (χ3n) is 1.11. The van der Waals surface area contributed by atoms with E-state index in [0.29, 0.717) is 0 Å². The fourth-order valence-corrected chi connectivity index (χ4v) is 0. The van der Waals surface area contributed by atoms with E-state index < -0.39 is 9.84 Å². The van der Waals surface area contributed by atoms with Gasteiger partial charge in [0.2, 0.25) is 0 Å². The fraction of sp³-hybridized carbons (Fsp3) is 0.800. The van der Waals surface area contributed by atoms with E-state index in [1.165, 1.54) is 13.8 Å². The first-order valence-corrected chi connectivity index (χ1v) is 12.7. The summed E-state index contributed by atoms with van der Waals surface area (Å²) in [6.07, 6.45) is 10.1. The van der Waals surface area contributed by atoms with E-state index >= 15 is 0 Å². The number of Topliss-reactive ketones (excluding diaryl/α,β-unsaturated/α-hetero) is 1. The zero-order valence-corrected chi connectivity index (χ0v) is 25.6. The van der Waals surface area contributed by atoms with Crippen molar-refractivity contribution in [2.24, 2.45) is 10.9 Å². The van der Waals surface area contributed by atoms with E-state index in [1.807, 2.05) is 78.8 Å². The van der Waals surface area contributed by atoms with Gasteiger partial charge in [-0.2, -0.15) is 0 Å². The maximum Gasteiger partial charge on any atom is 0.144 e. The molecule has 0 unspecified atom stereocenters. The zero-order chi connectivity index (χ0) is 28.2. The first-order valence-electron chi connectivity index (χ1n) is 10.4. The van der Waals surface area contributed by atoms with Crippen molar-refractivity contribution in [2.45, 2.75) is 69.7 Å². The largest absolute Gasteiger partial charge is 0.388 e. The van der Waals surface area contributed by atoms with Gasteiger partial charge in [-0.3, -0.25) is 0 Å². The molecule has 0 amide bonds. The molecule has 210 valence electrons. The number of ether oxygens (including phenoxy) is 1. The second-order valence-corrected chi connectivity index (χ2v) is 9.38. The molecule has 0 aliphatic rings. The molecule has 0 aromatic rings. The molecule has 8 heteroatoms. The monoisotopic (exact) mass is 504 g/mol. The molecule has 0 saturated heterocycles. The van der Waals surface area contributed by atoms with E-state index in [0.717, 1.165) is 18.4 Å². The average molecular weight is 505 g/mol. The third-order valence-corrected chi connectivity index (χ3v) is 1.11. The van der Waals surface area contributed by atoms with Gasteiger partial charge in [-0.25, -0.2) is 13.0 Å². The fourth-order valence-electron chi connectivity index (χ4n) is 0. The quantitative estimate of drug-likeness (QED) is 0.266. The van der Waals surface area contributed by atoms with E-state index in [4.69, 9.17) is 0 Å². The number of methoxy groups -OCH3 is 1. The molecule has 0 aromatic heterocycles. The standard InChI is InChI=1S/C4H10N.C4H10.C4H8.C3H7N.C3H6O.C2H7N.C2H6O2S.C2H6O.CH4.H2/c1-4-5(2)3;1-4(2)3;2*1-3-4-2;1-3(2)4;1-3-2;1-5(2,3)4;1-3-2;;/h4H,1-3H3;4H,1-3H3;3-4H,1-2H3;3H,1-2H3;1-2H3;3H,1-2H3;1-2H3;1-2H3;1H4;1H/q+1;;;;;;;;;. The normalized spacial score (nSPS) is 8.09. The molecule has 0 spiro atoms. The van der Waals surface area contributed by atoms with Gasteiger partial charge in [-0.05, 0) is 60.8 Å². The number of nitrogens with zero attached hydrogens (tertiary/aromatic N) is 2. The van der Waals surface area contributed by atoms with Crippen molar-refractivity contribution in [3.8, 4) is 0 Å². The number of aliphatic imine (C=N–C) groups is 1. The molecule has 0 aromatic carbocycles. The SMILES string of the molecule is C.CC(C)=O.CC(C)C.CC=CC.CC=NC.CC=[N+](C)C.CNC.COC.CS(C)(=O)=O.[HH]. The highest BCUT2D eigenvalue weighted by Gasteiger charge is 1.79. The van der Waals surface area contributed by atoms with Gasteiger partial charge in [0, 0.05) is 42.1 Å². The molecule has 33 heavy (non-hydrogen) atoms. The topological polar surface area (TPSA) is 87.8 Å². The molecule has 1 N–H and O–H groups in total. The second kappa shape index (κ2) is 63.2. The lowest BCUT2D eigenvalue weighted by Crippen LogP contribution is -1.93. The Balaban J connectivity index is -0.0000000241. The minimum atomic E-state index is -2.67. The number of hydrogen-bond acceptors (Lipinski definition) is 6. The van der Waals surface area contributed by atoms with Crippen LogP contribution in [0.1, 0.15) is 71.2 Å². The Bertz CT molecular complexity index is 440. The van der Waals surface area contributed by atoms with Crippen molar-refractivity contribution in [3.63, 3.8) is 0 Å². The number of carbonyl (C=O) groups is 1. The lowest BCUT2D eigenvalue weighted by atomic mass is 10.3. The molecule has 0 atom stereocenters. The molecule has 0 aliphatic heterocycles. The van der Waals surface area contributed by atoms with Crippen LogP contribution < -0.4 is 5.32 Å². The molecule has 0 heterocycles. The minimum absolute atomic E-state index is 0. The Morgan fingerprint density at radius 2 is 1.06 bits per heavy atom. The summed E-state index contributed by atoms with van der Waals surface area (Å²) in [6, 6.07) is 0. The summed E-state index contributed by atoms with van der Waals surface area (Å²) >= 11 is 0. The number of nitrogens with one attached hydrogen (secondary N) is 1. The van der Waals surface area contributed by atoms with Crippen molar-refractivity contribution >= 4 is 28.0 Å². The lowest BCUT2D eigenvalue weighted by molar-refractivity contribution is -0.459.